The van der Waals surface area contributed by atoms with Crippen LogP contribution in [0.4, 0.5) is 0 Å². The molecule has 0 amide bonds. The summed E-state index contributed by atoms with van der Waals surface area (Å²) in [5.41, 5.74) is 0. The Hall–Kier alpha value is -0.630. The van der Waals surface area contributed by atoms with E-state index in [1.807, 2.05) is 6.20 Å². The summed E-state index contributed by atoms with van der Waals surface area (Å²) in [6.07, 6.45) is 15.1. The Labute approximate surface area is 113 Å². The van der Waals surface area contributed by atoms with E-state index in [0.717, 1.165) is 4.48 Å². The third-order valence-corrected chi connectivity index (χ3v) is 4.08. The molecular formula is C16H31N2+. The summed E-state index contributed by atoms with van der Waals surface area (Å²) in [5.74, 6) is 1.29. The van der Waals surface area contributed by atoms with Gasteiger partial charge in [-0.1, -0.05) is 39.5 Å². The summed E-state index contributed by atoms with van der Waals surface area (Å²) < 4.78 is 1.04. The van der Waals surface area contributed by atoms with Crippen molar-refractivity contribution in [3.63, 3.8) is 0 Å². The van der Waals surface area contributed by atoms with Crippen LogP contribution in [-0.4, -0.2) is 23.4 Å². The highest BCUT2D eigenvalue weighted by Gasteiger charge is 2.30. The Bertz CT molecular complexity index is 267. The van der Waals surface area contributed by atoms with E-state index >= 15 is 0 Å². The van der Waals surface area contributed by atoms with E-state index in [2.05, 4.69) is 32.0 Å². The maximum Gasteiger partial charge on any atom is 0.204 e. The third-order valence-electron chi connectivity index (χ3n) is 4.08. The molecule has 0 N–H and O–H groups in total. The zero-order valence-electron chi connectivity index (χ0n) is 12.6. The van der Waals surface area contributed by atoms with Gasteiger partial charge in [0.2, 0.25) is 5.84 Å². The standard InChI is InChI=1S/C16H31N2/c1-4-6-8-10-13-18(14-11-9-7-5-2)15-12-17-16(18)3/h12,15H,4-11,13-14H2,1-3H3/q+1. The van der Waals surface area contributed by atoms with Gasteiger partial charge in [-0.2, -0.15) is 0 Å². The van der Waals surface area contributed by atoms with Crippen molar-refractivity contribution in [1.82, 2.24) is 0 Å². The second-order valence-corrected chi connectivity index (χ2v) is 5.58. The molecule has 0 saturated heterocycles. The van der Waals surface area contributed by atoms with Gasteiger partial charge < -0.3 is 0 Å². The monoisotopic (exact) mass is 251 g/mol. The van der Waals surface area contributed by atoms with Crippen LogP contribution in [-0.2, 0) is 0 Å². The molecular weight excluding hydrogens is 220 g/mol. The Kier molecular flexibility index (Phi) is 7.26. The van der Waals surface area contributed by atoms with Crippen LogP contribution in [0.15, 0.2) is 17.4 Å². The molecule has 1 aliphatic rings. The molecule has 2 nitrogen and oxygen atoms in total. The zero-order chi connectivity index (χ0) is 13.3. The molecule has 18 heavy (non-hydrogen) atoms. The summed E-state index contributed by atoms with van der Waals surface area (Å²) in [5, 5.41) is 0. The molecule has 0 bridgehead atoms. The second-order valence-electron chi connectivity index (χ2n) is 5.58. The van der Waals surface area contributed by atoms with Crippen molar-refractivity contribution >= 4 is 5.84 Å². The fourth-order valence-corrected chi connectivity index (χ4v) is 2.72. The molecule has 0 saturated carbocycles. The number of hydrogen-bond acceptors (Lipinski definition) is 1. The van der Waals surface area contributed by atoms with Gasteiger partial charge in [-0.25, -0.2) is 4.99 Å². The summed E-state index contributed by atoms with van der Waals surface area (Å²) in [4.78, 5) is 4.50. The molecule has 1 aliphatic heterocycles. The van der Waals surface area contributed by atoms with Crippen LogP contribution < -0.4 is 0 Å². The van der Waals surface area contributed by atoms with Crippen molar-refractivity contribution < 1.29 is 4.48 Å². The Morgan fingerprint density at radius 3 is 1.83 bits per heavy atom. The maximum absolute atomic E-state index is 4.50. The number of quaternary nitrogens is 1. The van der Waals surface area contributed by atoms with Gasteiger partial charge in [0.05, 0.1) is 19.3 Å². The lowest BCUT2D eigenvalue weighted by Crippen LogP contribution is -2.46. The van der Waals surface area contributed by atoms with E-state index in [4.69, 9.17) is 0 Å². The van der Waals surface area contributed by atoms with E-state index in [9.17, 15) is 0 Å². The number of rotatable bonds is 10. The van der Waals surface area contributed by atoms with Crippen LogP contribution >= 0.6 is 0 Å². The molecule has 0 aromatic rings. The molecule has 0 aromatic heterocycles. The molecule has 2 heteroatoms. The first kappa shape index (κ1) is 15.4. The Morgan fingerprint density at radius 1 is 0.889 bits per heavy atom. The summed E-state index contributed by atoms with van der Waals surface area (Å²) >= 11 is 0. The van der Waals surface area contributed by atoms with Crippen molar-refractivity contribution in [2.75, 3.05) is 13.1 Å². The van der Waals surface area contributed by atoms with Crippen LogP contribution in [0.25, 0.3) is 0 Å². The lowest BCUT2D eigenvalue weighted by molar-refractivity contribution is -0.787. The van der Waals surface area contributed by atoms with Gasteiger partial charge in [0, 0.05) is 6.92 Å². The minimum atomic E-state index is 1.04. The quantitative estimate of drug-likeness (QED) is 0.388. The molecule has 0 aromatic carbocycles. The summed E-state index contributed by atoms with van der Waals surface area (Å²) in [6.45, 7) is 9.24. The van der Waals surface area contributed by atoms with Crippen LogP contribution in [0.2, 0.25) is 0 Å². The predicted molar refractivity (Wildman–Crippen MR) is 80.5 cm³/mol. The van der Waals surface area contributed by atoms with Crippen molar-refractivity contribution in [3.8, 4) is 0 Å². The normalized spacial score (nSPS) is 17.2. The van der Waals surface area contributed by atoms with Crippen LogP contribution in [0.5, 0.6) is 0 Å². The molecule has 0 spiro atoms. The number of hydrogen-bond donors (Lipinski definition) is 0. The van der Waals surface area contributed by atoms with E-state index in [1.165, 1.54) is 70.3 Å². The number of unbranched alkanes of at least 4 members (excludes halogenated alkanes) is 6. The molecule has 0 radical (unpaired) electrons. The first-order chi connectivity index (χ1) is 8.75. The smallest absolute Gasteiger partial charge is 0.204 e. The van der Waals surface area contributed by atoms with Crippen molar-refractivity contribution in [3.05, 3.63) is 12.4 Å². The van der Waals surface area contributed by atoms with E-state index in [0.29, 0.717) is 0 Å². The molecule has 0 atom stereocenters. The van der Waals surface area contributed by atoms with Crippen LogP contribution in [0.3, 0.4) is 0 Å². The summed E-state index contributed by atoms with van der Waals surface area (Å²) in [6, 6.07) is 0. The fourth-order valence-electron chi connectivity index (χ4n) is 2.72. The number of aliphatic imine (C=N–C) groups is 1. The second kappa shape index (κ2) is 8.47. The average molecular weight is 251 g/mol. The van der Waals surface area contributed by atoms with Gasteiger partial charge in [0.25, 0.3) is 0 Å². The van der Waals surface area contributed by atoms with Gasteiger partial charge in [-0.05, 0) is 25.7 Å². The van der Waals surface area contributed by atoms with Gasteiger partial charge in [-0.15, -0.1) is 0 Å². The first-order valence-corrected chi connectivity index (χ1v) is 7.84. The highest BCUT2D eigenvalue weighted by molar-refractivity contribution is 5.75. The molecule has 0 unspecified atom stereocenters. The molecule has 0 aliphatic carbocycles. The van der Waals surface area contributed by atoms with E-state index in [1.54, 1.807) is 0 Å². The van der Waals surface area contributed by atoms with Gasteiger partial charge >= 0.3 is 0 Å². The van der Waals surface area contributed by atoms with Crippen molar-refractivity contribution in [1.29, 1.82) is 0 Å². The molecule has 0 fully saturated rings. The van der Waals surface area contributed by atoms with Gasteiger partial charge in [0.1, 0.15) is 6.20 Å². The molecule has 1 rings (SSSR count). The van der Waals surface area contributed by atoms with Crippen molar-refractivity contribution in [2.45, 2.75) is 72.1 Å². The lowest BCUT2D eigenvalue weighted by atomic mass is 10.1. The molecule has 104 valence electrons. The third kappa shape index (κ3) is 4.56. The SMILES string of the molecule is CCCCCC[N+]1(CCCCCC)C=CN=C1C. The lowest BCUT2D eigenvalue weighted by Gasteiger charge is -2.31. The average Bonchev–Trinajstić information content (AvgIpc) is 2.73. The predicted octanol–water partition coefficient (Wildman–Crippen LogP) is 4.87. The topological polar surface area (TPSA) is 12.4 Å². The highest BCUT2D eigenvalue weighted by Crippen LogP contribution is 2.21. The maximum atomic E-state index is 4.50. The number of nitrogens with zero attached hydrogens (tertiary/aromatic N) is 2. The van der Waals surface area contributed by atoms with Crippen LogP contribution in [0, 0.1) is 0 Å². The van der Waals surface area contributed by atoms with Gasteiger partial charge in [0.15, 0.2) is 0 Å². The Morgan fingerprint density at radius 2 is 1.44 bits per heavy atom. The minimum absolute atomic E-state index is 1.04. The molecule has 1 heterocycles. The fraction of sp³-hybridized carbons (Fsp3) is 0.812. The zero-order valence-corrected chi connectivity index (χ0v) is 12.6. The largest absolute Gasteiger partial charge is 0.251 e. The van der Waals surface area contributed by atoms with E-state index in [-0.39, 0.29) is 0 Å². The number of amidine groups is 1. The van der Waals surface area contributed by atoms with Gasteiger partial charge in [-0.3, -0.25) is 4.48 Å². The van der Waals surface area contributed by atoms with Crippen LogP contribution in [0.1, 0.15) is 72.1 Å². The highest BCUT2D eigenvalue weighted by atomic mass is 15.4. The first-order valence-electron chi connectivity index (χ1n) is 7.84. The van der Waals surface area contributed by atoms with Crippen molar-refractivity contribution in [2.24, 2.45) is 4.99 Å². The Balaban J connectivity index is 2.39. The van der Waals surface area contributed by atoms with E-state index < -0.39 is 0 Å². The summed E-state index contributed by atoms with van der Waals surface area (Å²) in [7, 11) is 0. The minimum Gasteiger partial charge on any atom is -0.251 e.